The van der Waals surface area contributed by atoms with Crippen molar-refractivity contribution in [3.05, 3.63) is 59.6 Å². The van der Waals surface area contributed by atoms with E-state index in [1.807, 2.05) is 12.1 Å². The summed E-state index contributed by atoms with van der Waals surface area (Å²) in [5, 5.41) is 6.16. The molecule has 33 heavy (non-hydrogen) atoms. The summed E-state index contributed by atoms with van der Waals surface area (Å²) in [5.74, 6) is -0.0172. The summed E-state index contributed by atoms with van der Waals surface area (Å²) in [6.07, 6.45) is 9.98. The lowest BCUT2D eigenvalue weighted by atomic mass is 10.1. The molecule has 9 heteroatoms. The highest BCUT2D eigenvalue weighted by Crippen LogP contribution is 2.21. The summed E-state index contributed by atoms with van der Waals surface area (Å²) in [7, 11) is 0. The lowest BCUT2D eigenvalue weighted by Crippen LogP contribution is -2.43. The van der Waals surface area contributed by atoms with Crippen LogP contribution in [-0.2, 0) is 32.0 Å². The first-order valence-electron chi connectivity index (χ1n) is 11.3. The smallest absolute Gasteiger partial charge is 0.267 e. The molecule has 2 aliphatic rings. The fraction of sp³-hybridized carbons (Fsp3) is 0.417. The van der Waals surface area contributed by atoms with Crippen LogP contribution in [0.1, 0.15) is 43.0 Å². The van der Waals surface area contributed by atoms with Crippen LogP contribution in [-0.4, -0.2) is 46.8 Å². The number of hydrogen-bond acceptors (Lipinski definition) is 7. The Bertz CT molecular complexity index is 964. The minimum absolute atomic E-state index is 0.0859. The maximum atomic E-state index is 12.6. The number of aromatic nitrogens is 2. The van der Waals surface area contributed by atoms with Gasteiger partial charge in [0.1, 0.15) is 11.9 Å². The Morgan fingerprint density at radius 2 is 1.94 bits per heavy atom. The number of fused-ring (bicyclic) bond motifs is 1. The van der Waals surface area contributed by atoms with Crippen molar-refractivity contribution < 1.29 is 19.2 Å². The number of hydrogen-bond donors (Lipinski definition) is 3. The van der Waals surface area contributed by atoms with Gasteiger partial charge in [-0.3, -0.25) is 14.6 Å². The van der Waals surface area contributed by atoms with Gasteiger partial charge in [0.2, 0.25) is 5.91 Å². The van der Waals surface area contributed by atoms with E-state index in [4.69, 9.17) is 9.57 Å². The van der Waals surface area contributed by atoms with E-state index in [0.717, 1.165) is 32.1 Å². The van der Waals surface area contributed by atoms with E-state index >= 15 is 0 Å². The molecular weight excluding hydrogens is 422 g/mol. The predicted octanol–water partition coefficient (Wildman–Crippen LogP) is 2.15. The molecule has 3 N–H and O–H groups in total. The van der Waals surface area contributed by atoms with Crippen molar-refractivity contribution in [1.29, 1.82) is 0 Å². The molecule has 0 bridgehead atoms. The Morgan fingerprint density at radius 3 is 2.61 bits per heavy atom. The molecule has 1 aromatic heterocycles. The van der Waals surface area contributed by atoms with Crippen molar-refractivity contribution >= 4 is 23.7 Å². The first kappa shape index (κ1) is 22.9. The molecule has 1 aliphatic heterocycles. The third kappa shape index (κ3) is 6.59. The average Bonchev–Trinajstić information content (AvgIpc) is 3.25. The van der Waals surface area contributed by atoms with Gasteiger partial charge in [0.05, 0.1) is 18.1 Å². The van der Waals surface area contributed by atoms with Gasteiger partial charge in [0, 0.05) is 25.1 Å². The molecule has 1 fully saturated rings. The Hall–Kier alpha value is -3.30. The summed E-state index contributed by atoms with van der Waals surface area (Å²) in [5.41, 5.74) is 5.44. The maximum absolute atomic E-state index is 12.6. The standard InChI is InChI=1S/C24H29N5O4/c1-16(24(31)28-20-12-17-6-2-3-7-18(17)13-20)27-21-15-25-19(14-26-21)9-10-22(30)29-33-23-8-4-5-11-32-23/h2-3,6-7,9-10,14-16,20,23H,4-5,8,11-13H2,1H3,(H,26,27)(H,28,31)(H,29,30)/t16-,23?/m1/s1. The number of carbonyl (C=O) groups excluding carboxylic acids is 2. The average molecular weight is 452 g/mol. The van der Waals surface area contributed by atoms with E-state index in [0.29, 0.717) is 18.1 Å². The molecule has 1 saturated heterocycles. The van der Waals surface area contributed by atoms with Crippen LogP contribution in [0.4, 0.5) is 5.82 Å². The summed E-state index contributed by atoms with van der Waals surface area (Å²) in [6, 6.07) is 7.91. The number of nitrogens with zero attached hydrogens (tertiary/aromatic N) is 2. The molecule has 174 valence electrons. The molecule has 1 aromatic carbocycles. The zero-order valence-corrected chi connectivity index (χ0v) is 18.6. The van der Waals surface area contributed by atoms with Gasteiger partial charge in [0.15, 0.2) is 6.29 Å². The highest BCUT2D eigenvalue weighted by molar-refractivity contribution is 5.90. The number of nitrogens with one attached hydrogen (secondary N) is 3. The summed E-state index contributed by atoms with van der Waals surface area (Å²) in [6.45, 7) is 2.43. The summed E-state index contributed by atoms with van der Waals surface area (Å²) < 4.78 is 5.39. The fourth-order valence-corrected chi connectivity index (χ4v) is 3.90. The van der Waals surface area contributed by atoms with Crippen LogP contribution < -0.4 is 16.1 Å². The van der Waals surface area contributed by atoms with Gasteiger partial charge in [-0.25, -0.2) is 15.3 Å². The van der Waals surface area contributed by atoms with Crippen LogP contribution in [0.3, 0.4) is 0 Å². The van der Waals surface area contributed by atoms with E-state index in [2.05, 4.69) is 38.2 Å². The monoisotopic (exact) mass is 451 g/mol. The van der Waals surface area contributed by atoms with Crippen LogP contribution in [0.15, 0.2) is 42.7 Å². The molecule has 2 atom stereocenters. The lowest BCUT2D eigenvalue weighted by Gasteiger charge is -2.21. The van der Waals surface area contributed by atoms with Gasteiger partial charge in [-0.1, -0.05) is 24.3 Å². The van der Waals surface area contributed by atoms with E-state index in [1.54, 1.807) is 6.92 Å². The minimum atomic E-state index is -0.464. The molecule has 2 amide bonds. The first-order valence-corrected chi connectivity index (χ1v) is 11.3. The summed E-state index contributed by atoms with van der Waals surface area (Å²) >= 11 is 0. The molecule has 0 radical (unpaired) electrons. The van der Waals surface area contributed by atoms with Gasteiger partial charge < -0.3 is 15.4 Å². The van der Waals surface area contributed by atoms with Crippen molar-refractivity contribution in [2.75, 3.05) is 11.9 Å². The largest absolute Gasteiger partial charge is 0.357 e. The Kier molecular flexibility index (Phi) is 7.64. The molecule has 1 aliphatic carbocycles. The minimum Gasteiger partial charge on any atom is -0.357 e. The van der Waals surface area contributed by atoms with Gasteiger partial charge in [-0.05, 0) is 49.8 Å². The van der Waals surface area contributed by atoms with Crippen molar-refractivity contribution in [3.8, 4) is 0 Å². The molecule has 0 spiro atoms. The van der Waals surface area contributed by atoms with Gasteiger partial charge in [-0.2, -0.15) is 0 Å². The maximum Gasteiger partial charge on any atom is 0.267 e. The van der Waals surface area contributed by atoms with Gasteiger partial charge >= 0.3 is 0 Å². The second-order valence-electron chi connectivity index (χ2n) is 8.29. The normalized spacial score (nSPS) is 19.1. The van der Waals surface area contributed by atoms with Gasteiger partial charge in [-0.15, -0.1) is 0 Å². The highest BCUT2D eigenvalue weighted by Gasteiger charge is 2.24. The SMILES string of the molecule is C[C@@H](Nc1cnc(C=CC(=O)NOC2CCCCO2)cn1)C(=O)NC1Cc2ccccc2C1. The number of benzene rings is 1. The second-order valence-corrected chi connectivity index (χ2v) is 8.29. The second kappa shape index (κ2) is 11.0. The van der Waals surface area contributed by atoms with Crippen molar-refractivity contribution in [2.45, 2.75) is 57.4 Å². The molecular formula is C24H29N5O4. The predicted molar refractivity (Wildman–Crippen MR) is 123 cm³/mol. The molecule has 1 unspecified atom stereocenters. The van der Waals surface area contributed by atoms with Crippen molar-refractivity contribution in [1.82, 2.24) is 20.8 Å². The molecule has 4 rings (SSSR count). The quantitative estimate of drug-likeness (QED) is 0.416. The summed E-state index contributed by atoms with van der Waals surface area (Å²) in [4.78, 5) is 38.2. The van der Waals surface area contributed by atoms with Crippen LogP contribution in [0.25, 0.3) is 6.08 Å². The van der Waals surface area contributed by atoms with Crippen LogP contribution >= 0.6 is 0 Å². The van der Waals surface area contributed by atoms with Crippen LogP contribution in [0.5, 0.6) is 0 Å². The Morgan fingerprint density at radius 1 is 1.15 bits per heavy atom. The van der Waals surface area contributed by atoms with Crippen molar-refractivity contribution in [3.63, 3.8) is 0 Å². The molecule has 0 saturated carbocycles. The van der Waals surface area contributed by atoms with E-state index in [-0.39, 0.29) is 11.9 Å². The Balaban J connectivity index is 1.20. The van der Waals surface area contributed by atoms with Crippen LogP contribution in [0.2, 0.25) is 0 Å². The zero-order valence-electron chi connectivity index (χ0n) is 18.6. The first-order chi connectivity index (χ1) is 16.1. The van der Waals surface area contributed by atoms with E-state index in [1.165, 1.54) is 35.7 Å². The van der Waals surface area contributed by atoms with Crippen molar-refractivity contribution in [2.24, 2.45) is 0 Å². The number of amides is 2. The topological polar surface area (TPSA) is 114 Å². The highest BCUT2D eigenvalue weighted by atomic mass is 16.8. The number of carbonyl (C=O) groups is 2. The molecule has 9 nitrogen and oxygen atoms in total. The fourth-order valence-electron chi connectivity index (χ4n) is 3.90. The number of rotatable bonds is 8. The van der Waals surface area contributed by atoms with E-state index in [9.17, 15) is 9.59 Å². The third-order valence-electron chi connectivity index (χ3n) is 5.66. The molecule has 2 heterocycles. The van der Waals surface area contributed by atoms with Gasteiger partial charge in [0.25, 0.3) is 5.91 Å². The van der Waals surface area contributed by atoms with E-state index < -0.39 is 18.2 Å². The Labute approximate surface area is 192 Å². The number of anilines is 1. The molecule has 2 aromatic rings. The number of ether oxygens (including phenoxy) is 1. The zero-order chi connectivity index (χ0) is 23.0. The lowest BCUT2D eigenvalue weighted by molar-refractivity contribution is -0.198. The van der Waals surface area contributed by atoms with Crippen LogP contribution in [0, 0.1) is 0 Å². The number of hydroxylamine groups is 1. The third-order valence-corrected chi connectivity index (χ3v) is 5.66.